The fourth-order valence-corrected chi connectivity index (χ4v) is 2.53. The lowest BCUT2D eigenvalue weighted by Gasteiger charge is -2.53. The summed E-state index contributed by atoms with van der Waals surface area (Å²) in [7, 11) is 2.28. The summed E-state index contributed by atoms with van der Waals surface area (Å²) in [6.07, 6.45) is 5.85. The number of piperidine rings is 1. The third kappa shape index (κ3) is 1.66. The second-order valence-electron chi connectivity index (χ2n) is 3.95. The molecular formula is C11H23N. The van der Waals surface area contributed by atoms with E-state index >= 15 is 0 Å². The van der Waals surface area contributed by atoms with Crippen LogP contribution in [0.15, 0.2) is 0 Å². The van der Waals surface area contributed by atoms with Gasteiger partial charge in [0.15, 0.2) is 0 Å². The first-order valence-electron chi connectivity index (χ1n) is 5.53. The highest BCUT2D eigenvalue weighted by Gasteiger charge is 2.41. The summed E-state index contributed by atoms with van der Waals surface area (Å²) in [4.78, 5) is 2.56. The zero-order valence-corrected chi connectivity index (χ0v) is 9.01. The molecule has 1 heteroatoms. The van der Waals surface area contributed by atoms with Crippen LogP contribution in [0.4, 0.5) is 0 Å². The van der Waals surface area contributed by atoms with Gasteiger partial charge >= 0.3 is 0 Å². The minimum atomic E-state index is 0.962. The molecule has 2 saturated heterocycles. The van der Waals surface area contributed by atoms with Gasteiger partial charge in [0, 0.05) is 12.1 Å². The van der Waals surface area contributed by atoms with E-state index in [1.165, 1.54) is 25.7 Å². The minimum Gasteiger partial charge on any atom is -0.300 e. The lowest BCUT2D eigenvalue weighted by atomic mass is 9.73. The predicted octanol–water partition coefficient (Wildman–Crippen LogP) is 2.91. The van der Waals surface area contributed by atoms with Crippen LogP contribution < -0.4 is 0 Å². The van der Waals surface area contributed by atoms with E-state index in [0.717, 1.165) is 18.0 Å². The molecular weight excluding hydrogens is 146 g/mol. The Labute approximate surface area is 77.1 Å². The van der Waals surface area contributed by atoms with Crippen molar-refractivity contribution in [1.82, 2.24) is 4.90 Å². The van der Waals surface area contributed by atoms with Gasteiger partial charge in [-0.25, -0.2) is 0 Å². The largest absolute Gasteiger partial charge is 0.300 e. The van der Waals surface area contributed by atoms with Gasteiger partial charge in [0.25, 0.3) is 0 Å². The number of nitrogens with zero attached hydrogens (tertiary/aromatic N) is 1. The van der Waals surface area contributed by atoms with Crippen molar-refractivity contribution in [2.75, 3.05) is 7.05 Å². The van der Waals surface area contributed by atoms with Crippen molar-refractivity contribution >= 4 is 0 Å². The maximum Gasteiger partial charge on any atom is 0.0113 e. The summed E-state index contributed by atoms with van der Waals surface area (Å²) in [5.41, 5.74) is 0. The Morgan fingerprint density at radius 3 is 1.92 bits per heavy atom. The fourth-order valence-electron chi connectivity index (χ4n) is 2.53. The van der Waals surface area contributed by atoms with Crippen molar-refractivity contribution < 1.29 is 0 Å². The summed E-state index contributed by atoms with van der Waals surface area (Å²) >= 11 is 0. The highest BCUT2D eigenvalue weighted by molar-refractivity contribution is 4.97. The van der Waals surface area contributed by atoms with Gasteiger partial charge in [-0.05, 0) is 32.2 Å². The van der Waals surface area contributed by atoms with E-state index in [1.807, 2.05) is 13.8 Å². The van der Waals surface area contributed by atoms with E-state index in [0.29, 0.717) is 0 Å². The minimum absolute atomic E-state index is 0.962. The molecule has 0 radical (unpaired) electrons. The Hall–Kier alpha value is -0.0400. The average Bonchev–Trinajstić information content (AvgIpc) is 2.20. The van der Waals surface area contributed by atoms with Crippen molar-refractivity contribution in [2.24, 2.45) is 5.92 Å². The number of hydrogen-bond donors (Lipinski definition) is 0. The molecule has 1 saturated carbocycles. The summed E-state index contributed by atoms with van der Waals surface area (Å²) in [5.74, 6) is 1.06. The standard InChI is InChI=1S/C9H17N.C2H6/c1-3-7-4-8-6-9(5-7)10(8)2;1-2/h7-9H,3-6H2,1-2H3;1-2H3. The van der Waals surface area contributed by atoms with Crippen LogP contribution in [0.3, 0.4) is 0 Å². The van der Waals surface area contributed by atoms with E-state index in [2.05, 4.69) is 18.9 Å². The molecule has 72 valence electrons. The Morgan fingerprint density at radius 2 is 1.58 bits per heavy atom. The number of fused-ring (bicyclic) bond motifs is 2. The van der Waals surface area contributed by atoms with Crippen molar-refractivity contribution in [3.8, 4) is 0 Å². The molecule has 0 aromatic carbocycles. The molecule has 1 aliphatic carbocycles. The molecule has 0 aromatic rings. The SMILES string of the molecule is CC.CCC1CC2CC(C1)N2C. The lowest BCUT2D eigenvalue weighted by Crippen LogP contribution is -2.58. The van der Waals surface area contributed by atoms with Gasteiger partial charge < -0.3 is 4.90 Å². The Balaban J connectivity index is 0.000000336. The van der Waals surface area contributed by atoms with Crippen molar-refractivity contribution in [3.63, 3.8) is 0 Å². The molecule has 0 N–H and O–H groups in total. The molecule has 2 unspecified atom stereocenters. The molecule has 12 heavy (non-hydrogen) atoms. The van der Waals surface area contributed by atoms with Crippen LogP contribution in [-0.2, 0) is 0 Å². The molecule has 1 nitrogen and oxygen atoms in total. The molecule has 0 amide bonds. The molecule has 3 aliphatic rings. The molecule has 3 fully saturated rings. The van der Waals surface area contributed by atoms with Gasteiger partial charge in [-0.3, -0.25) is 0 Å². The van der Waals surface area contributed by atoms with Crippen LogP contribution in [0.5, 0.6) is 0 Å². The summed E-state index contributed by atoms with van der Waals surface area (Å²) < 4.78 is 0. The third-order valence-corrected chi connectivity index (χ3v) is 3.48. The van der Waals surface area contributed by atoms with Crippen LogP contribution >= 0.6 is 0 Å². The first kappa shape index (κ1) is 10.0. The molecule has 2 atom stereocenters. The second-order valence-corrected chi connectivity index (χ2v) is 3.95. The van der Waals surface area contributed by atoms with Crippen LogP contribution in [0.1, 0.15) is 46.5 Å². The topological polar surface area (TPSA) is 3.24 Å². The van der Waals surface area contributed by atoms with Crippen LogP contribution in [0.2, 0.25) is 0 Å². The monoisotopic (exact) mass is 169 g/mol. The van der Waals surface area contributed by atoms with E-state index < -0.39 is 0 Å². The van der Waals surface area contributed by atoms with Gasteiger partial charge in [0.05, 0.1) is 0 Å². The highest BCUT2D eigenvalue weighted by Crippen LogP contribution is 2.40. The van der Waals surface area contributed by atoms with Gasteiger partial charge in [0.1, 0.15) is 0 Å². The highest BCUT2D eigenvalue weighted by atomic mass is 15.2. The molecule has 2 heterocycles. The van der Waals surface area contributed by atoms with Crippen molar-refractivity contribution in [1.29, 1.82) is 0 Å². The van der Waals surface area contributed by atoms with E-state index in [9.17, 15) is 0 Å². The summed E-state index contributed by atoms with van der Waals surface area (Å²) in [6, 6.07) is 1.92. The molecule has 3 rings (SSSR count). The summed E-state index contributed by atoms with van der Waals surface area (Å²) in [6.45, 7) is 6.33. The Morgan fingerprint density at radius 1 is 1.08 bits per heavy atom. The third-order valence-electron chi connectivity index (χ3n) is 3.48. The zero-order valence-electron chi connectivity index (χ0n) is 9.01. The smallest absolute Gasteiger partial charge is 0.0113 e. The molecule has 2 aliphatic heterocycles. The van der Waals surface area contributed by atoms with Crippen LogP contribution in [0.25, 0.3) is 0 Å². The second kappa shape index (κ2) is 4.27. The maximum absolute atomic E-state index is 2.56. The van der Waals surface area contributed by atoms with Crippen molar-refractivity contribution in [3.05, 3.63) is 0 Å². The van der Waals surface area contributed by atoms with E-state index in [1.54, 1.807) is 0 Å². The van der Waals surface area contributed by atoms with Gasteiger partial charge in [-0.15, -0.1) is 0 Å². The van der Waals surface area contributed by atoms with Gasteiger partial charge in [-0.2, -0.15) is 0 Å². The number of rotatable bonds is 1. The van der Waals surface area contributed by atoms with Crippen molar-refractivity contribution in [2.45, 2.75) is 58.5 Å². The first-order valence-corrected chi connectivity index (χ1v) is 5.53. The summed E-state index contributed by atoms with van der Waals surface area (Å²) in [5, 5.41) is 0. The molecule has 0 spiro atoms. The fraction of sp³-hybridized carbons (Fsp3) is 1.00. The predicted molar refractivity (Wildman–Crippen MR) is 54.3 cm³/mol. The first-order chi connectivity index (χ1) is 5.81. The van der Waals surface area contributed by atoms with Crippen LogP contribution in [-0.4, -0.2) is 24.0 Å². The zero-order chi connectivity index (χ0) is 9.14. The Bertz CT molecular complexity index is 121. The van der Waals surface area contributed by atoms with Gasteiger partial charge in [0.2, 0.25) is 0 Å². The normalized spacial score (nSPS) is 39.5. The quantitative estimate of drug-likeness (QED) is 0.583. The van der Waals surface area contributed by atoms with E-state index in [-0.39, 0.29) is 0 Å². The Kier molecular flexibility index (Phi) is 3.57. The molecule has 0 aromatic heterocycles. The lowest BCUT2D eigenvalue weighted by molar-refractivity contribution is -0.0308. The number of hydrogen-bond acceptors (Lipinski definition) is 1. The van der Waals surface area contributed by atoms with Crippen LogP contribution in [0, 0.1) is 5.92 Å². The molecule has 2 bridgehead atoms. The average molecular weight is 169 g/mol. The maximum atomic E-state index is 2.56. The van der Waals surface area contributed by atoms with Gasteiger partial charge in [-0.1, -0.05) is 27.2 Å². The van der Waals surface area contributed by atoms with E-state index in [4.69, 9.17) is 0 Å².